The molecule has 1 unspecified atom stereocenters. The highest BCUT2D eigenvalue weighted by Gasteiger charge is 2.05. The van der Waals surface area contributed by atoms with Crippen LogP contribution < -0.4 is 5.32 Å². The van der Waals surface area contributed by atoms with E-state index in [-0.39, 0.29) is 6.10 Å². The van der Waals surface area contributed by atoms with Crippen molar-refractivity contribution in [3.05, 3.63) is 19.8 Å². The summed E-state index contributed by atoms with van der Waals surface area (Å²) in [5.41, 5.74) is 0. The molecule has 2 nitrogen and oxygen atoms in total. The summed E-state index contributed by atoms with van der Waals surface area (Å²) in [7, 11) is 0. The molecule has 0 saturated carbocycles. The molecule has 5 heteroatoms. The van der Waals surface area contributed by atoms with E-state index in [9.17, 15) is 0 Å². The van der Waals surface area contributed by atoms with Crippen LogP contribution in [0.2, 0.25) is 4.34 Å². The molecule has 1 atom stereocenters. The third kappa shape index (κ3) is 4.83. The molecule has 0 fully saturated rings. The zero-order valence-corrected chi connectivity index (χ0v) is 12.0. The minimum Gasteiger partial charge on any atom is -0.377 e. The molecule has 0 aromatic carbocycles. The quantitative estimate of drug-likeness (QED) is 0.865. The Balaban J connectivity index is 2.25. The van der Waals surface area contributed by atoms with Crippen LogP contribution in [0.1, 0.15) is 18.7 Å². The van der Waals surface area contributed by atoms with Gasteiger partial charge < -0.3 is 10.1 Å². The first kappa shape index (κ1) is 13.5. The molecule has 15 heavy (non-hydrogen) atoms. The Morgan fingerprint density at radius 3 is 2.93 bits per heavy atom. The van der Waals surface area contributed by atoms with Gasteiger partial charge in [0.25, 0.3) is 0 Å². The Morgan fingerprint density at radius 1 is 1.67 bits per heavy atom. The van der Waals surface area contributed by atoms with E-state index < -0.39 is 0 Å². The van der Waals surface area contributed by atoms with Crippen molar-refractivity contribution >= 4 is 38.9 Å². The molecule has 0 saturated heterocycles. The van der Waals surface area contributed by atoms with Crippen molar-refractivity contribution in [1.82, 2.24) is 5.32 Å². The fraction of sp³-hybridized carbons (Fsp3) is 0.600. The molecule has 0 spiro atoms. The van der Waals surface area contributed by atoms with Gasteiger partial charge in [-0.15, -0.1) is 11.3 Å². The SMILES string of the molecule is CCOC(C)CNCc1cc(Br)c(Cl)s1. The third-order valence-electron chi connectivity index (χ3n) is 1.88. The molecule has 1 rings (SSSR count). The molecule has 0 radical (unpaired) electrons. The Labute approximate surface area is 108 Å². The van der Waals surface area contributed by atoms with Gasteiger partial charge in [0.05, 0.1) is 6.10 Å². The Bertz CT molecular complexity index is 286. The lowest BCUT2D eigenvalue weighted by atomic mass is 10.4. The minimum atomic E-state index is 0.258. The smallest absolute Gasteiger partial charge is 0.107 e. The number of ether oxygens (including phenoxy) is 1. The van der Waals surface area contributed by atoms with Crippen molar-refractivity contribution in [3.8, 4) is 0 Å². The lowest BCUT2D eigenvalue weighted by Crippen LogP contribution is -2.26. The molecule has 0 amide bonds. The van der Waals surface area contributed by atoms with Gasteiger partial charge in [-0.1, -0.05) is 11.6 Å². The van der Waals surface area contributed by atoms with Gasteiger partial charge in [0.2, 0.25) is 0 Å². The van der Waals surface area contributed by atoms with E-state index in [4.69, 9.17) is 16.3 Å². The van der Waals surface area contributed by atoms with Crippen LogP contribution in [-0.4, -0.2) is 19.3 Å². The van der Waals surface area contributed by atoms with Crippen LogP contribution >= 0.6 is 38.9 Å². The van der Waals surface area contributed by atoms with Crippen LogP contribution in [0.5, 0.6) is 0 Å². The van der Waals surface area contributed by atoms with E-state index in [0.717, 1.165) is 28.5 Å². The zero-order valence-electron chi connectivity index (χ0n) is 8.85. The maximum Gasteiger partial charge on any atom is 0.107 e. The lowest BCUT2D eigenvalue weighted by Gasteiger charge is -2.11. The van der Waals surface area contributed by atoms with E-state index in [1.807, 2.05) is 13.0 Å². The standard InChI is InChI=1S/C10H15BrClNOS/c1-3-14-7(2)5-13-6-8-4-9(11)10(12)15-8/h4,7,13H,3,5-6H2,1-2H3. The van der Waals surface area contributed by atoms with Crippen molar-refractivity contribution < 1.29 is 4.74 Å². The Hall–Kier alpha value is 0.390. The molecular weight excluding hydrogens is 298 g/mol. The second kappa shape index (κ2) is 6.86. The van der Waals surface area contributed by atoms with Crippen molar-refractivity contribution in [2.45, 2.75) is 26.5 Å². The zero-order chi connectivity index (χ0) is 11.3. The van der Waals surface area contributed by atoms with Gasteiger partial charge >= 0.3 is 0 Å². The molecule has 0 aliphatic carbocycles. The molecule has 0 aliphatic rings. The van der Waals surface area contributed by atoms with Crippen LogP contribution in [0.25, 0.3) is 0 Å². The summed E-state index contributed by atoms with van der Waals surface area (Å²) in [6.45, 7) is 6.54. The average molecular weight is 313 g/mol. The summed E-state index contributed by atoms with van der Waals surface area (Å²) < 4.78 is 7.20. The summed E-state index contributed by atoms with van der Waals surface area (Å²) >= 11 is 10.9. The normalized spacial score (nSPS) is 13.1. The number of hydrogen-bond acceptors (Lipinski definition) is 3. The van der Waals surface area contributed by atoms with E-state index in [0.29, 0.717) is 0 Å². The first-order valence-corrected chi connectivity index (χ1v) is 6.88. The summed E-state index contributed by atoms with van der Waals surface area (Å²) in [5, 5.41) is 3.33. The predicted octanol–water partition coefficient (Wildman–Crippen LogP) is 3.68. The van der Waals surface area contributed by atoms with Crippen molar-refractivity contribution in [2.75, 3.05) is 13.2 Å². The van der Waals surface area contributed by atoms with Gasteiger partial charge in [0.1, 0.15) is 4.34 Å². The van der Waals surface area contributed by atoms with Gasteiger partial charge in [-0.3, -0.25) is 0 Å². The van der Waals surface area contributed by atoms with Gasteiger partial charge in [0, 0.05) is 29.0 Å². The predicted molar refractivity (Wildman–Crippen MR) is 69.8 cm³/mol. The molecule has 1 heterocycles. The Morgan fingerprint density at radius 2 is 2.40 bits per heavy atom. The van der Waals surface area contributed by atoms with Crippen molar-refractivity contribution in [3.63, 3.8) is 0 Å². The van der Waals surface area contributed by atoms with Crippen molar-refractivity contribution in [1.29, 1.82) is 0 Å². The van der Waals surface area contributed by atoms with Crippen LogP contribution in [0.4, 0.5) is 0 Å². The summed E-state index contributed by atoms with van der Waals surface area (Å²) in [5.74, 6) is 0. The van der Waals surface area contributed by atoms with Gasteiger partial charge in [-0.05, 0) is 35.8 Å². The van der Waals surface area contributed by atoms with Crippen LogP contribution in [-0.2, 0) is 11.3 Å². The fourth-order valence-corrected chi connectivity index (χ4v) is 2.98. The van der Waals surface area contributed by atoms with E-state index in [2.05, 4.69) is 28.2 Å². The highest BCUT2D eigenvalue weighted by atomic mass is 79.9. The molecule has 0 bridgehead atoms. The number of rotatable bonds is 6. The van der Waals surface area contributed by atoms with E-state index >= 15 is 0 Å². The average Bonchev–Trinajstić information content (AvgIpc) is 2.46. The third-order valence-corrected chi connectivity index (χ3v) is 4.35. The topological polar surface area (TPSA) is 21.3 Å². The Kier molecular flexibility index (Phi) is 6.16. The molecule has 1 aromatic heterocycles. The highest BCUT2D eigenvalue weighted by Crippen LogP contribution is 2.31. The van der Waals surface area contributed by atoms with Crippen molar-refractivity contribution in [2.24, 2.45) is 0 Å². The number of nitrogens with one attached hydrogen (secondary N) is 1. The monoisotopic (exact) mass is 311 g/mol. The van der Waals surface area contributed by atoms with Gasteiger partial charge in [-0.25, -0.2) is 0 Å². The lowest BCUT2D eigenvalue weighted by molar-refractivity contribution is 0.0760. The van der Waals surface area contributed by atoms with Crippen LogP contribution in [0, 0.1) is 0 Å². The van der Waals surface area contributed by atoms with E-state index in [1.54, 1.807) is 11.3 Å². The van der Waals surface area contributed by atoms with Gasteiger partial charge in [0.15, 0.2) is 0 Å². The highest BCUT2D eigenvalue weighted by molar-refractivity contribution is 9.10. The summed E-state index contributed by atoms with van der Waals surface area (Å²) in [6, 6.07) is 2.05. The molecule has 1 N–H and O–H groups in total. The minimum absolute atomic E-state index is 0.258. The molecule has 0 aliphatic heterocycles. The number of hydrogen-bond donors (Lipinski definition) is 1. The van der Waals surface area contributed by atoms with Crippen LogP contribution in [0.15, 0.2) is 10.5 Å². The largest absolute Gasteiger partial charge is 0.377 e. The first-order valence-electron chi connectivity index (χ1n) is 4.89. The maximum atomic E-state index is 5.94. The van der Waals surface area contributed by atoms with Gasteiger partial charge in [-0.2, -0.15) is 0 Å². The maximum absolute atomic E-state index is 5.94. The molecule has 86 valence electrons. The molecule has 1 aromatic rings. The second-order valence-corrected chi connectivity index (χ2v) is 5.82. The summed E-state index contributed by atoms with van der Waals surface area (Å²) in [4.78, 5) is 1.23. The second-order valence-electron chi connectivity index (χ2n) is 3.23. The summed E-state index contributed by atoms with van der Waals surface area (Å²) in [6.07, 6.45) is 0.258. The van der Waals surface area contributed by atoms with E-state index in [1.165, 1.54) is 4.88 Å². The first-order chi connectivity index (χ1) is 7.13. The number of thiophene rings is 1. The number of halogens is 2. The van der Waals surface area contributed by atoms with Crippen LogP contribution in [0.3, 0.4) is 0 Å². The molecular formula is C10H15BrClNOS. The fourth-order valence-electron chi connectivity index (χ4n) is 1.22.